The van der Waals surface area contributed by atoms with Crippen LogP contribution in [0.5, 0.6) is 5.75 Å². The molecule has 28 heavy (non-hydrogen) atoms. The lowest BCUT2D eigenvalue weighted by molar-refractivity contribution is -0.148. The van der Waals surface area contributed by atoms with E-state index in [2.05, 4.69) is 19.2 Å². The standard InChI is InChI=1S/C23H27NO4/c1-16(2)20-10-5-19(6-11-20)15-28-23(26)17(3)24-22(25)14-9-18-7-12-21(27-4)13-8-18/h5-14,16-17H,15H2,1-4H3,(H,24,25)/b14-9+/t17-/m0/s1. The number of hydrogen-bond acceptors (Lipinski definition) is 4. The highest BCUT2D eigenvalue weighted by Crippen LogP contribution is 2.15. The molecule has 0 bridgehead atoms. The third kappa shape index (κ3) is 6.58. The zero-order valence-electron chi connectivity index (χ0n) is 16.8. The maximum absolute atomic E-state index is 12.1. The Kier molecular flexibility index (Phi) is 7.81. The van der Waals surface area contributed by atoms with Crippen molar-refractivity contribution in [1.29, 1.82) is 0 Å². The van der Waals surface area contributed by atoms with Crippen LogP contribution < -0.4 is 10.1 Å². The Labute approximate surface area is 166 Å². The second-order valence-electron chi connectivity index (χ2n) is 6.84. The molecule has 2 aromatic rings. The lowest BCUT2D eigenvalue weighted by atomic mass is 10.0. The van der Waals surface area contributed by atoms with Gasteiger partial charge in [0, 0.05) is 6.08 Å². The zero-order valence-corrected chi connectivity index (χ0v) is 16.8. The van der Waals surface area contributed by atoms with Crippen molar-refractivity contribution in [2.75, 3.05) is 7.11 Å². The molecular formula is C23H27NO4. The summed E-state index contributed by atoms with van der Waals surface area (Å²) in [6.45, 7) is 6.04. The molecule has 1 atom stereocenters. The number of rotatable bonds is 8. The van der Waals surface area contributed by atoms with Gasteiger partial charge in [0.2, 0.25) is 5.91 Å². The predicted octanol–water partition coefficient (Wildman–Crippen LogP) is 4.08. The van der Waals surface area contributed by atoms with Crippen LogP contribution in [-0.4, -0.2) is 25.0 Å². The number of esters is 1. The average molecular weight is 381 g/mol. The van der Waals surface area contributed by atoms with Crippen LogP contribution in [0.2, 0.25) is 0 Å². The molecule has 0 saturated heterocycles. The normalized spacial score (nSPS) is 12.0. The zero-order chi connectivity index (χ0) is 20.5. The Hall–Kier alpha value is -3.08. The van der Waals surface area contributed by atoms with E-state index in [4.69, 9.17) is 9.47 Å². The molecule has 0 radical (unpaired) electrons. The molecule has 148 valence electrons. The summed E-state index contributed by atoms with van der Waals surface area (Å²) < 4.78 is 10.4. The first kappa shape index (κ1) is 21.2. The van der Waals surface area contributed by atoms with Crippen molar-refractivity contribution in [2.24, 2.45) is 0 Å². The van der Waals surface area contributed by atoms with Gasteiger partial charge in [-0.3, -0.25) is 4.79 Å². The van der Waals surface area contributed by atoms with Crippen LogP contribution in [0.1, 0.15) is 43.4 Å². The van der Waals surface area contributed by atoms with Gasteiger partial charge in [-0.2, -0.15) is 0 Å². The number of hydrogen-bond donors (Lipinski definition) is 1. The molecule has 5 heteroatoms. The minimum Gasteiger partial charge on any atom is -0.497 e. The number of carbonyl (C=O) groups excluding carboxylic acids is 2. The minimum absolute atomic E-state index is 0.180. The monoisotopic (exact) mass is 381 g/mol. The lowest BCUT2D eigenvalue weighted by Crippen LogP contribution is -2.38. The summed E-state index contributed by atoms with van der Waals surface area (Å²) in [6, 6.07) is 14.5. The van der Waals surface area contributed by atoms with Crippen LogP contribution in [0.4, 0.5) is 0 Å². The fraction of sp³-hybridized carbons (Fsp3) is 0.304. The Morgan fingerprint density at radius 1 is 1.00 bits per heavy atom. The van der Waals surface area contributed by atoms with Gasteiger partial charge in [0.25, 0.3) is 0 Å². The van der Waals surface area contributed by atoms with Gasteiger partial charge in [0.15, 0.2) is 0 Å². The fourth-order valence-electron chi connectivity index (χ4n) is 2.49. The quantitative estimate of drug-likeness (QED) is 0.553. The van der Waals surface area contributed by atoms with Gasteiger partial charge in [0.1, 0.15) is 18.4 Å². The van der Waals surface area contributed by atoms with Crippen LogP contribution in [0.25, 0.3) is 6.08 Å². The molecule has 0 saturated carbocycles. The summed E-state index contributed by atoms with van der Waals surface area (Å²) in [7, 11) is 1.60. The van der Waals surface area contributed by atoms with Crippen molar-refractivity contribution < 1.29 is 19.1 Å². The molecule has 5 nitrogen and oxygen atoms in total. The van der Waals surface area contributed by atoms with E-state index in [0.29, 0.717) is 5.92 Å². The number of amides is 1. The van der Waals surface area contributed by atoms with Crippen LogP contribution >= 0.6 is 0 Å². The first-order valence-corrected chi connectivity index (χ1v) is 9.27. The largest absolute Gasteiger partial charge is 0.497 e. The van der Waals surface area contributed by atoms with Crippen molar-refractivity contribution in [1.82, 2.24) is 5.32 Å². The summed E-state index contributed by atoms with van der Waals surface area (Å²) in [5, 5.41) is 2.61. The molecule has 0 fully saturated rings. The van der Waals surface area contributed by atoms with Crippen molar-refractivity contribution in [3.8, 4) is 5.75 Å². The lowest BCUT2D eigenvalue weighted by Gasteiger charge is -2.13. The summed E-state index contributed by atoms with van der Waals surface area (Å²) in [5.74, 6) is 0.371. The second kappa shape index (κ2) is 10.3. The van der Waals surface area contributed by atoms with E-state index in [1.165, 1.54) is 11.6 Å². The van der Waals surface area contributed by atoms with Gasteiger partial charge in [-0.05, 0) is 47.7 Å². The predicted molar refractivity (Wildman–Crippen MR) is 110 cm³/mol. The molecule has 0 aliphatic rings. The highest BCUT2D eigenvalue weighted by Gasteiger charge is 2.16. The fourth-order valence-corrected chi connectivity index (χ4v) is 2.49. The van der Waals surface area contributed by atoms with E-state index >= 15 is 0 Å². The summed E-state index contributed by atoms with van der Waals surface area (Å²) in [5.41, 5.74) is 3.01. The average Bonchev–Trinajstić information content (AvgIpc) is 2.71. The molecule has 1 amide bonds. The van der Waals surface area contributed by atoms with Crippen LogP contribution in [0, 0.1) is 0 Å². The van der Waals surface area contributed by atoms with Crippen molar-refractivity contribution in [2.45, 2.75) is 39.3 Å². The molecule has 0 heterocycles. The van der Waals surface area contributed by atoms with Gasteiger partial charge in [0.05, 0.1) is 7.11 Å². The van der Waals surface area contributed by atoms with Gasteiger partial charge in [-0.25, -0.2) is 4.79 Å². The minimum atomic E-state index is -0.733. The number of methoxy groups -OCH3 is 1. The molecule has 0 unspecified atom stereocenters. The van der Waals surface area contributed by atoms with Gasteiger partial charge >= 0.3 is 5.97 Å². The maximum atomic E-state index is 12.1. The molecule has 1 N–H and O–H groups in total. The third-order valence-electron chi connectivity index (χ3n) is 4.28. The molecule has 2 rings (SSSR count). The molecule has 2 aromatic carbocycles. The van der Waals surface area contributed by atoms with E-state index in [1.54, 1.807) is 20.1 Å². The topological polar surface area (TPSA) is 64.6 Å². The van der Waals surface area contributed by atoms with Gasteiger partial charge in [-0.15, -0.1) is 0 Å². The van der Waals surface area contributed by atoms with Gasteiger partial charge < -0.3 is 14.8 Å². The number of carbonyl (C=O) groups is 2. The van der Waals surface area contributed by atoms with E-state index in [0.717, 1.165) is 16.9 Å². The van der Waals surface area contributed by atoms with Crippen molar-refractivity contribution in [3.63, 3.8) is 0 Å². The van der Waals surface area contributed by atoms with Crippen molar-refractivity contribution in [3.05, 3.63) is 71.3 Å². The SMILES string of the molecule is COc1ccc(/C=C/C(=O)N[C@@H](C)C(=O)OCc2ccc(C(C)C)cc2)cc1. The first-order valence-electron chi connectivity index (χ1n) is 9.27. The van der Waals surface area contributed by atoms with E-state index in [-0.39, 0.29) is 12.5 Å². The molecule has 0 aromatic heterocycles. The Bertz CT molecular complexity index is 808. The molecule has 0 aliphatic heterocycles. The maximum Gasteiger partial charge on any atom is 0.328 e. The number of benzene rings is 2. The molecule has 0 spiro atoms. The third-order valence-corrected chi connectivity index (χ3v) is 4.28. The smallest absolute Gasteiger partial charge is 0.328 e. The summed E-state index contributed by atoms with van der Waals surface area (Å²) in [4.78, 5) is 24.1. The molecule has 0 aliphatic carbocycles. The Morgan fingerprint density at radius 2 is 1.64 bits per heavy atom. The number of nitrogens with one attached hydrogen (secondary N) is 1. The van der Waals surface area contributed by atoms with E-state index in [1.807, 2.05) is 48.5 Å². The summed E-state index contributed by atoms with van der Waals surface area (Å²) >= 11 is 0. The molecular weight excluding hydrogens is 354 g/mol. The van der Waals surface area contributed by atoms with Crippen LogP contribution in [0.15, 0.2) is 54.6 Å². The van der Waals surface area contributed by atoms with E-state index < -0.39 is 12.0 Å². The Balaban J connectivity index is 1.80. The van der Waals surface area contributed by atoms with Crippen LogP contribution in [-0.2, 0) is 20.9 Å². The Morgan fingerprint density at radius 3 is 2.21 bits per heavy atom. The van der Waals surface area contributed by atoms with Crippen LogP contribution in [0.3, 0.4) is 0 Å². The second-order valence-corrected chi connectivity index (χ2v) is 6.84. The highest BCUT2D eigenvalue weighted by atomic mass is 16.5. The number of ether oxygens (including phenoxy) is 2. The van der Waals surface area contributed by atoms with E-state index in [9.17, 15) is 9.59 Å². The highest BCUT2D eigenvalue weighted by molar-refractivity contribution is 5.94. The van der Waals surface area contributed by atoms with Crippen molar-refractivity contribution >= 4 is 18.0 Å². The summed E-state index contributed by atoms with van der Waals surface area (Å²) in [6.07, 6.45) is 3.05. The van der Waals surface area contributed by atoms with Gasteiger partial charge in [-0.1, -0.05) is 50.2 Å². The first-order chi connectivity index (χ1) is 13.4.